The Morgan fingerprint density at radius 3 is 1.88 bits per heavy atom. The molecule has 17 heavy (non-hydrogen) atoms. The Kier molecular flexibility index (Phi) is 7.49. The van der Waals surface area contributed by atoms with Crippen LogP contribution in [0.2, 0.25) is 0 Å². The fourth-order valence-corrected chi connectivity index (χ4v) is 0.984. The molecular formula is C10H18N2O5. The summed E-state index contributed by atoms with van der Waals surface area (Å²) in [5.74, 6) is -1.19. The number of ether oxygens (including phenoxy) is 2. The van der Waals surface area contributed by atoms with Gasteiger partial charge in [0, 0.05) is 6.54 Å². The number of methoxy groups -OCH3 is 2. The predicted molar refractivity (Wildman–Crippen MR) is 59.3 cm³/mol. The highest BCUT2D eigenvalue weighted by Gasteiger charge is 2.20. The summed E-state index contributed by atoms with van der Waals surface area (Å²) in [6.45, 7) is 1.78. The molecule has 0 aliphatic rings. The maximum atomic E-state index is 11.6. The first-order valence-electron chi connectivity index (χ1n) is 5.21. The SMILES string of the molecule is CCCNC(=O)N(CC(=O)OC)CC(=O)OC. The highest BCUT2D eigenvalue weighted by Crippen LogP contribution is 1.93. The molecule has 0 saturated heterocycles. The van der Waals surface area contributed by atoms with E-state index in [0.717, 1.165) is 11.3 Å². The van der Waals surface area contributed by atoms with Gasteiger partial charge in [-0.1, -0.05) is 6.92 Å². The summed E-state index contributed by atoms with van der Waals surface area (Å²) in [6.07, 6.45) is 0.760. The lowest BCUT2D eigenvalue weighted by molar-refractivity contribution is -0.144. The molecule has 0 bridgehead atoms. The van der Waals surface area contributed by atoms with Crippen molar-refractivity contribution in [3.8, 4) is 0 Å². The molecule has 0 unspecified atom stereocenters. The first-order valence-corrected chi connectivity index (χ1v) is 5.21. The highest BCUT2D eigenvalue weighted by molar-refractivity contribution is 5.85. The number of nitrogens with zero attached hydrogens (tertiary/aromatic N) is 1. The molecule has 0 rings (SSSR count). The number of amides is 2. The third kappa shape index (κ3) is 6.39. The fourth-order valence-electron chi connectivity index (χ4n) is 0.984. The second-order valence-corrected chi connectivity index (χ2v) is 3.24. The van der Waals surface area contributed by atoms with Crippen molar-refractivity contribution >= 4 is 18.0 Å². The number of carbonyl (C=O) groups is 3. The normalized spacial score (nSPS) is 9.35. The van der Waals surface area contributed by atoms with Crippen LogP contribution >= 0.6 is 0 Å². The van der Waals surface area contributed by atoms with E-state index in [1.165, 1.54) is 14.2 Å². The van der Waals surface area contributed by atoms with E-state index < -0.39 is 18.0 Å². The molecule has 0 saturated carbocycles. The quantitative estimate of drug-likeness (QED) is 0.653. The summed E-state index contributed by atoms with van der Waals surface area (Å²) in [5, 5.41) is 2.56. The number of esters is 2. The van der Waals surface area contributed by atoms with Crippen LogP contribution in [0.5, 0.6) is 0 Å². The lowest BCUT2D eigenvalue weighted by atomic mass is 10.4. The van der Waals surface area contributed by atoms with Crippen molar-refractivity contribution in [3.63, 3.8) is 0 Å². The van der Waals surface area contributed by atoms with Crippen LogP contribution in [0, 0.1) is 0 Å². The number of hydrogen-bond donors (Lipinski definition) is 1. The average Bonchev–Trinajstić information content (AvgIpc) is 2.34. The van der Waals surface area contributed by atoms with Gasteiger partial charge >= 0.3 is 18.0 Å². The fraction of sp³-hybridized carbons (Fsp3) is 0.700. The molecule has 7 heteroatoms. The van der Waals surface area contributed by atoms with Crippen molar-refractivity contribution < 1.29 is 23.9 Å². The molecule has 98 valence electrons. The minimum atomic E-state index is -0.597. The number of carbonyl (C=O) groups excluding carboxylic acids is 3. The van der Waals surface area contributed by atoms with E-state index in [1.807, 2.05) is 6.92 Å². The van der Waals surface area contributed by atoms with Crippen LogP contribution in [0.1, 0.15) is 13.3 Å². The molecule has 1 N–H and O–H groups in total. The van der Waals surface area contributed by atoms with Crippen molar-refractivity contribution in [2.75, 3.05) is 33.9 Å². The Balaban J connectivity index is 4.42. The van der Waals surface area contributed by atoms with Gasteiger partial charge in [0.15, 0.2) is 0 Å². The van der Waals surface area contributed by atoms with E-state index in [0.29, 0.717) is 6.54 Å². The van der Waals surface area contributed by atoms with Gasteiger partial charge in [0.1, 0.15) is 13.1 Å². The summed E-state index contributed by atoms with van der Waals surface area (Å²) >= 11 is 0. The van der Waals surface area contributed by atoms with Crippen LogP contribution in [0.3, 0.4) is 0 Å². The number of nitrogens with one attached hydrogen (secondary N) is 1. The summed E-state index contributed by atoms with van der Waals surface area (Å²) in [5.41, 5.74) is 0. The molecule has 0 heterocycles. The monoisotopic (exact) mass is 246 g/mol. The first-order chi connectivity index (χ1) is 8.04. The van der Waals surface area contributed by atoms with Crippen molar-refractivity contribution in [2.45, 2.75) is 13.3 Å². The van der Waals surface area contributed by atoms with E-state index in [-0.39, 0.29) is 13.1 Å². The summed E-state index contributed by atoms with van der Waals surface area (Å²) < 4.78 is 8.88. The zero-order chi connectivity index (χ0) is 13.3. The lowest BCUT2D eigenvalue weighted by Crippen LogP contribution is -2.45. The van der Waals surface area contributed by atoms with Crippen LogP contribution in [0.15, 0.2) is 0 Å². The van der Waals surface area contributed by atoms with Crippen molar-refractivity contribution in [3.05, 3.63) is 0 Å². The number of urea groups is 1. The Bertz CT molecular complexity index is 262. The lowest BCUT2D eigenvalue weighted by Gasteiger charge is -2.20. The molecule has 0 aromatic rings. The average molecular weight is 246 g/mol. The van der Waals surface area contributed by atoms with Crippen molar-refractivity contribution in [2.24, 2.45) is 0 Å². The highest BCUT2D eigenvalue weighted by atomic mass is 16.5. The molecule has 0 aromatic heterocycles. The summed E-state index contributed by atoms with van der Waals surface area (Å²) in [4.78, 5) is 34.8. The van der Waals surface area contributed by atoms with Crippen LogP contribution < -0.4 is 5.32 Å². The van der Waals surface area contributed by atoms with Crippen LogP contribution in [-0.2, 0) is 19.1 Å². The molecule has 0 aliphatic carbocycles. The smallest absolute Gasteiger partial charge is 0.325 e. The van der Waals surface area contributed by atoms with Gasteiger partial charge in [-0.3, -0.25) is 9.59 Å². The minimum Gasteiger partial charge on any atom is -0.468 e. The molecule has 0 fully saturated rings. The molecule has 7 nitrogen and oxygen atoms in total. The molecular weight excluding hydrogens is 228 g/mol. The first kappa shape index (κ1) is 15.2. The molecule has 2 amide bonds. The van der Waals surface area contributed by atoms with Crippen LogP contribution in [-0.4, -0.2) is 56.7 Å². The summed E-state index contributed by atoms with van der Waals surface area (Å²) in [6, 6.07) is -0.498. The van der Waals surface area contributed by atoms with E-state index >= 15 is 0 Å². The van der Waals surface area contributed by atoms with E-state index in [1.54, 1.807) is 0 Å². The Hall–Kier alpha value is -1.79. The van der Waals surface area contributed by atoms with Gasteiger partial charge in [-0.25, -0.2) is 4.79 Å². The topological polar surface area (TPSA) is 84.9 Å². The van der Waals surface area contributed by atoms with Gasteiger partial charge in [0.25, 0.3) is 0 Å². The van der Waals surface area contributed by atoms with Gasteiger partial charge in [-0.15, -0.1) is 0 Å². The summed E-state index contributed by atoms with van der Waals surface area (Å²) in [7, 11) is 2.42. The van der Waals surface area contributed by atoms with Gasteiger partial charge in [-0.2, -0.15) is 0 Å². The van der Waals surface area contributed by atoms with Crippen molar-refractivity contribution in [1.82, 2.24) is 10.2 Å². The second kappa shape index (κ2) is 8.37. The Labute approximate surface area is 100 Å². The molecule has 0 radical (unpaired) electrons. The number of hydrogen-bond acceptors (Lipinski definition) is 5. The third-order valence-electron chi connectivity index (χ3n) is 1.91. The van der Waals surface area contributed by atoms with Crippen LogP contribution in [0.4, 0.5) is 4.79 Å². The zero-order valence-electron chi connectivity index (χ0n) is 10.3. The van der Waals surface area contributed by atoms with E-state index in [4.69, 9.17) is 0 Å². The minimum absolute atomic E-state index is 0.291. The van der Waals surface area contributed by atoms with Gasteiger partial charge in [-0.05, 0) is 6.42 Å². The molecule has 0 aromatic carbocycles. The zero-order valence-corrected chi connectivity index (χ0v) is 10.3. The van der Waals surface area contributed by atoms with Gasteiger partial charge in [0.05, 0.1) is 14.2 Å². The van der Waals surface area contributed by atoms with Crippen molar-refractivity contribution in [1.29, 1.82) is 0 Å². The second-order valence-electron chi connectivity index (χ2n) is 3.24. The van der Waals surface area contributed by atoms with Crippen LogP contribution in [0.25, 0.3) is 0 Å². The van der Waals surface area contributed by atoms with Gasteiger partial charge in [0.2, 0.25) is 0 Å². The van der Waals surface area contributed by atoms with Gasteiger partial charge < -0.3 is 19.7 Å². The Morgan fingerprint density at radius 2 is 1.53 bits per heavy atom. The standard InChI is InChI=1S/C10H18N2O5/c1-4-5-11-10(15)12(6-8(13)16-2)7-9(14)17-3/h4-7H2,1-3H3,(H,11,15). The number of rotatable bonds is 6. The largest absolute Gasteiger partial charge is 0.468 e. The molecule has 0 atom stereocenters. The molecule has 0 spiro atoms. The van der Waals surface area contributed by atoms with E-state index in [9.17, 15) is 14.4 Å². The predicted octanol–water partition coefficient (Wildman–Crippen LogP) is -0.246. The maximum absolute atomic E-state index is 11.6. The maximum Gasteiger partial charge on any atom is 0.325 e. The Morgan fingerprint density at radius 1 is 1.06 bits per heavy atom. The van der Waals surface area contributed by atoms with E-state index in [2.05, 4.69) is 14.8 Å². The molecule has 0 aliphatic heterocycles. The third-order valence-corrected chi connectivity index (χ3v) is 1.91.